The number of thiophene rings is 1. The fourth-order valence-corrected chi connectivity index (χ4v) is 6.93. The van der Waals surface area contributed by atoms with Crippen LogP contribution in [0.15, 0.2) is 69.9 Å². The van der Waals surface area contributed by atoms with Crippen LogP contribution in [0.5, 0.6) is 0 Å². The van der Waals surface area contributed by atoms with E-state index < -0.39 is 5.66 Å². The molecule has 1 aromatic carbocycles. The number of hydrogen-bond acceptors (Lipinski definition) is 5. The van der Waals surface area contributed by atoms with Crippen LogP contribution in [0, 0.1) is 0 Å². The van der Waals surface area contributed by atoms with Crippen molar-refractivity contribution in [3.8, 4) is 9.88 Å². The maximum absolute atomic E-state index is 13.9. The SMILES string of the molecule is O=C(c1csc(-c2cccs2)n1)N1CCN2C(=O)c3ccccc3CC12C1=CC=C(Cl)CC1. The van der Waals surface area contributed by atoms with Crippen LogP contribution >= 0.6 is 34.3 Å². The average Bonchev–Trinajstić information content (AvgIpc) is 3.59. The van der Waals surface area contributed by atoms with Gasteiger partial charge in [0.1, 0.15) is 16.4 Å². The van der Waals surface area contributed by atoms with E-state index in [9.17, 15) is 9.59 Å². The van der Waals surface area contributed by atoms with Crippen molar-refractivity contribution < 1.29 is 9.59 Å². The molecule has 2 aromatic heterocycles. The van der Waals surface area contributed by atoms with Crippen molar-refractivity contribution in [3.05, 3.63) is 86.7 Å². The van der Waals surface area contributed by atoms with E-state index in [0.29, 0.717) is 38.0 Å². The number of rotatable bonds is 3. The molecule has 2 amide bonds. The number of nitrogens with zero attached hydrogens (tertiary/aromatic N) is 3. The zero-order valence-corrected chi connectivity index (χ0v) is 20.1. The summed E-state index contributed by atoms with van der Waals surface area (Å²) in [7, 11) is 0. The second-order valence-electron chi connectivity index (χ2n) is 8.38. The second kappa shape index (κ2) is 7.94. The molecule has 8 heteroatoms. The lowest BCUT2D eigenvalue weighted by Gasteiger charge is -2.48. The summed E-state index contributed by atoms with van der Waals surface area (Å²) in [5, 5.41) is 5.47. The van der Waals surface area contributed by atoms with Crippen molar-refractivity contribution in [2.24, 2.45) is 0 Å². The number of fused-ring (bicyclic) bond motifs is 2. The summed E-state index contributed by atoms with van der Waals surface area (Å²) in [6, 6.07) is 11.7. The molecule has 0 N–H and O–H groups in total. The molecule has 3 aliphatic rings. The van der Waals surface area contributed by atoms with Gasteiger partial charge in [0.05, 0.1) is 4.88 Å². The van der Waals surface area contributed by atoms with E-state index in [0.717, 1.165) is 31.6 Å². The Hall–Kier alpha value is -2.74. The highest BCUT2D eigenvalue weighted by atomic mass is 35.5. The lowest BCUT2D eigenvalue weighted by Crippen LogP contribution is -2.62. The molecule has 1 atom stereocenters. The first-order valence-electron chi connectivity index (χ1n) is 10.8. The summed E-state index contributed by atoms with van der Waals surface area (Å²) in [4.78, 5) is 36.9. The van der Waals surface area contributed by atoms with Crippen molar-refractivity contribution in [2.75, 3.05) is 13.1 Å². The number of thiazole rings is 1. The highest BCUT2D eigenvalue weighted by Gasteiger charge is 2.56. The fourth-order valence-electron chi connectivity index (χ4n) is 5.17. The third-order valence-corrected chi connectivity index (χ3v) is 8.88. The van der Waals surface area contributed by atoms with E-state index in [1.165, 1.54) is 11.3 Å². The van der Waals surface area contributed by atoms with Gasteiger partial charge in [-0.25, -0.2) is 4.98 Å². The fraction of sp³-hybridized carbons (Fsp3) is 0.240. The van der Waals surface area contributed by atoms with Gasteiger partial charge in [0.25, 0.3) is 11.8 Å². The molecule has 5 nitrogen and oxygen atoms in total. The van der Waals surface area contributed by atoms with E-state index >= 15 is 0 Å². The van der Waals surface area contributed by atoms with E-state index in [1.807, 2.05) is 69.1 Å². The molecule has 6 rings (SSSR count). The van der Waals surface area contributed by atoms with Crippen LogP contribution in [-0.2, 0) is 6.42 Å². The minimum atomic E-state index is -0.830. The monoisotopic (exact) mass is 493 g/mol. The van der Waals surface area contributed by atoms with Gasteiger partial charge in [-0.05, 0) is 47.6 Å². The van der Waals surface area contributed by atoms with Crippen molar-refractivity contribution >= 4 is 46.1 Å². The Kier molecular flexibility index (Phi) is 5.01. The minimum Gasteiger partial charge on any atom is -0.309 e. The molecule has 0 spiro atoms. The molecule has 0 bridgehead atoms. The highest BCUT2D eigenvalue weighted by Crippen LogP contribution is 2.46. The molecule has 3 aromatic rings. The predicted octanol–water partition coefficient (Wildman–Crippen LogP) is 5.57. The summed E-state index contributed by atoms with van der Waals surface area (Å²) in [5.74, 6) is -0.156. The van der Waals surface area contributed by atoms with Crippen LogP contribution in [0.4, 0.5) is 0 Å². The van der Waals surface area contributed by atoms with Gasteiger partial charge >= 0.3 is 0 Å². The molecule has 1 unspecified atom stereocenters. The van der Waals surface area contributed by atoms with Crippen molar-refractivity contribution in [1.29, 1.82) is 0 Å². The van der Waals surface area contributed by atoms with Crippen LogP contribution < -0.4 is 0 Å². The molecule has 2 aliphatic heterocycles. The molecule has 4 heterocycles. The number of hydrogen-bond donors (Lipinski definition) is 0. The number of aromatic nitrogens is 1. The van der Waals surface area contributed by atoms with Gasteiger partial charge in [-0.3, -0.25) is 9.59 Å². The standard InChI is InChI=1S/C25H20ClN3O2S2/c26-18-9-7-17(8-10-18)25-14-16-4-1-2-5-19(16)23(30)28(25)11-12-29(25)24(31)20-15-33-22(27-20)21-6-3-13-32-21/h1-7,9,13,15H,8,10-12,14H2. The molecule has 0 radical (unpaired) electrons. The first-order valence-corrected chi connectivity index (χ1v) is 13.0. The average molecular weight is 494 g/mol. The number of allylic oxidation sites excluding steroid dienone is 3. The van der Waals surface area contributed by atoms with Gasteiger partial charge in [0.15, 0.2) is 0 Å². The van der Waals surface area contributed by atoms with Gasteiger partial charge < -0.3 is 9.80 Å². The van der Waals surface area contributed by atoms with Crippen molar-refractivity contribution in [3.63, 3.8) is 0 Å². The van der Waals surface area contributed by atoms with E-state index in [4.69, 9.17) is 11.6 Å². The van der Waals surface area contributed by atoms with Crippen molar-refractivity contribution in [1.82, 2.24) is 14.8 Å². The Morgan fingerprint density at radius 3 is 2.73 bits per heavy atom. The van der Waals surface area contributed by atoms with E-state index in [1.54, 1.807) is 11.3 Å². The Labute approximate surface area is 204 Å². The first kappa shape index (κ1) is 20.8. The molecule has 33 heavy (non-hydrogen) atoms. The summed E-state index contributed by atoms with van der Waals surface area (Å²) in [6.45, 7) is 0.967. The zero-order chi connectivity index (χ0) is 22.6. The van der Waals surface area contributed by atoms with Gasteiger partial charge in [-0.15, -0.1) is 22.7 Å². The number of benzene rings is 1. The second-order valence-corrected chi connectivity index (χ2v) is 10.7. The van der Waals surface area contributed by atoms with Crippen LogP contribution in [0.1, 0.15) is 39.3 Å². The summed E-state index contributed by atoms with van der Waals surface area (Å²) >= 11 is 9.35. The van der Waals surface area contributed by atoms with Crippen LogP contribution in [0.25, 0.3) is 9.88 Å². The Balaban J connectivity index is 1.46. The number of carbonyl (C=O) groups is 2. The molecule has 1 aliphatic carbocycles. The van der Waals surface area contributed by atoms with E-state index in [-0.39, 0.29) is 11.8 Å². The first-order chi connectivity index (χ1) is 16.1. The van der Waals surface area contributed by atoms with Gasteiger partial charge in [-0.2, -0.15) is 0 Å². The molecule has 0 saturated carbocycles. The topological polar surface area (TPSA) is 53.5 Å². The highest BCUT2D eigenvalue weighted by molar-refractivity contribution is 7.20. The van der Waals surface area contributed by atoms with E-state index in [2.05, 4.69) is 4.98 Å². The Morgan fingerprint density at radius 1 is 1.06 bits per heavy atom. The molecule has 166 valence electrons. The van der Waals surface area contributed by atoms with Crippen LogP contribution in [0.3, 0.4) is 0 Å². The number of carbonyl (C=O) groups excluding carboxylic acids is 2. The Morgan fingerprint density at radius 2 is 1.94 bits per heavy atom. The van der Waals surface area contributed by atoms with Crippen LogP contribution in [-0.4, -0.2) is 45.4 Å². The largest absolute Gasteiger partial charge is 0.309 e. The summed E-state index contributed by atoms with van der Waals surface area (Å²) in [6.07, 6.45) is 5.89. The van der Waals surface area contributed by atoms with Gasteiger partial charge in [0.2, 0.25) is 0 Å². The Bertz CT molecular complexity index is 1330. The van der Waals surface area contributed by atoms with Gasteiger partial charge in [0, 0.05) is 35.5 Å². The minimum absolute atomic E-state index is 0.0220. The lowest BCUT2D eigenvalue weighted by atomic mass is 9.80. The smallest absolute Gasteiger partial charge is 0.275 e. The number of halogens is 1. The lowest BCUT2D eigenvalue weighted by molar-refractivity contribution is 0.0245. The quantitative estimate of drug-likeness (QED) is 0.479. The summed E-state index contributed by atoms with van der Waals surface area (Å²) < 4.78 is 0. The normalized spacial score (nSPS) is 22.0. The predicted molar refractivity (Wildman–Crippen MR) is 132 cm³/mol. The third-order valence-electron chi connectivity index (χ3n) is 6.68. The maximum Gasteiger partial charge on any atom is 0.275 e. The maximum atomic E-state index is 13.9. The van der Waals surface area contributed by atoms with Gasteiger partial charge in [-0.1, -0.05) is 41.9 Å². The molecular weight excluding hydrogens is 474 g/mol. The molecule has 1 saturated heterocycles. The molecule has 1 fully saturated rings. The van der Waals surface area contributed by atoms with Crippen molar-refractivity contribution in [2.45, 2.75) is 24.9 Å². The van der Waals surface area contributed by atoms with Crippen LogP contribution in [0.2, 0.25) is 0 Å². The zero-order valence-electron chi connectivity index (χ0n) is 17.7. The molecular formula is C25H20ClN3O2S2. The summed E-state index contributed by atoms with van der Waals surface area (Å²) in [5.41, 5.74) is 2.34. The number of amides is 2. The third kappa shape index (κ3) is 3.21.